The lowest BCUT2D eigenvalue weighted by Crippen LogP contribution is -2.40. The molecule has 1 aliphatic heterocycles. The van der Waals surface area contributed by atoms with Crippen LogP contribution in [0.4, 0.5) is 14.7 Å². The van der Waals surface area contributed by atoms with Gasteiger partial charge < -0.3 is 5.32 Å². The molecule has 28 heavy (non-hydrogen) atoms. The Kier molecular flexibility index (Phi) is 3.90. The standard InChI is InChI=1S/C20H16F2N4OS/c1-10-23-20-24-15-7-11(17-3-2-4-28-17)8-16(27)18(15)19(26(20)25-10)12-5-13(21)9-14(22)6-12/h2-7,9,11,18-19H,8H2,1H3,(H,23,24,25). The molecule has 5 nitrogen and oxygen atoms in total. The number of hydrogen-bond donors (Lipinski definition) is 1. The second-order valence-electron chi connectivity index (χ2n) is 7.09. The molecule has 1 aliphatic carbocycles. The highest BCUT2D eigenvalue weighted by molar-refractivity contribution is 7.10. The first kappa shape index (κ1) is 17.2. The molecule has 3 aromatic rings. The number of nitrogens with zero attached hydrogens (tertiary/aromatic N) is 3. The largest absolute Gasteiger partial charge is 0.328 e. The number of ketones is 1. The summed E-state index contributed by atoms with van der Waals surface area (Å²) < 4.78 is 29.4. The summed E-state index contributed by atoms with van der Waals surface area (Å²) in [6.07, 6.45) is 2.38. The fraction of sp³-hybridized carbons (Fsp3) is 0.250. The molecule has 2 aliphatic rings. The van der Waals surface area contributed by atoms with Crippen LogP contribution in [0.5, 0.6) is 0 Å². The van der Waals surface area contributed by atoms with E-state index in [-0.39, 0.29) is 11.7 Å². The molecule has 3 atom stereocenters. The predicted molar refractivity (Wildman–Crippen MR) is 101 cm³/mol. The van der Waals surface area contributed by atoms with Gasteiger partial charge in [0.2, 0.25) is 5.95 Å². The van der Waals surface area contributed by atoms with E-state index in [1.165, 1.54) is 12.1 Å². The van der Waals surface area contributed by atoms with Gasteiger partial charge in [-0.1, -0.05) is 12.1 Å². The quantitative estimate of drug-likeness (QED) is 0.703. The van der Waals surface area contributed by atoms with E-state index >= 15 is 0 Å². The molecule has 3 heterocycles. The molecular weight excluding hydrogens is 382 g/mol. The third-order valence-corrected chi connectivity index (χ3v) is 6.20. The summed E-state index contributed by atoms with van der Waals surface area (Å²) in [5.41, 5.74) is 1.08. The van der Waals surface area contributed by atoms with Crippen LogP contribution in [0.3, 0.4) is 0 Å². The number of carbonyl (C=O) groups excluding carboxylic acids is 1. The van der Waals surface area contributed by atoms with Crippen LogP contribution in [0.15, 0.2) is 47.5 Å². The maximum absolute atomic E-state index is 13.9. The first-order valence-corrected chi connectivity index (χ1v) is 9.81. The molecule has 0 fully saturated rings. The van der Waals surface area contributed by atoms with E-state index in [1.54, 1.807) is 22.9 Å². The molecule has 0 bridgehead atoms. The Morgan fingerprint density at radius 1 is 1.25 bits per heavy atom. The zero-order chi connectivity index (χ0) is 19.4. The predicted octanol–water partition coefficient (Wildman–Crippen LogP) is 4.20. The molecule has 5 rings (SSSR count). The van der Waals surface area contributed by atoms with Crippen molar-refractivity contribution in [1.82, 2.24) is 14.8 Å². The molecule has 0 saturated carbocycles. The van der Waals surface area contributed by atoms with Gasteiger partial charge in [0.1, 0.15) is 23.2 Å². The van der Waals surface area contributed by atoms with Gasteiger partial charge in [-0.05, 0) is 36.1 Å². The van der Waals surface area contributed by atoms with Gasteiger partial charge in [-0.2, -0.15) is 10.1 Å². The van der Waals surface area contributed by atoms with E-state index in [0.29, 0.717) is 29.5 Å². The van der Waals surface area contributed by atoms with Crippen LogP contribution in [-0.4, -0.2) is 20.5 Å². The number of anilines is 1. The number of benzene rings is 1. The fourth-order valence-electron chi connectivity index (χ4n) is 4.11. The molecule has 1 aromatic carbocycles. The summed E-state index contributed by atoms with van der Waals surface area (Å²) in [6.45, 7) is 1.74. The number of Topliss-reactive ketones (excluding diaryl/α,β-unsaturated/α-hetero) is 1. The molecule has 3 unspecified atom stereocenters. The number of carbonyl (C=O) groups is 1. The molecule has 0 saturated heterocycles. The first-order valence-electron chi connectivity index (χ1n) is 8.93. The minimum atomic E-state index is -0.683. The lowest BCUT2D eigenvalue weighted by molar-refractivity contribution is -0.123. The molecule has 0 amide bonds. The van der Waals surface area contributed by atoms with Crippen LogP contribution < -0.4 is 5.32 Å². The van der Waals surface area contributed by atoms with Crippen molar-refractivity contribution in [2.24, 2.45) is 5.92 Å². The number of nitrogens with one attached hydrogen (secondary N) is 1. The van der Waals surface area contributed by atoms with Gasteiger partial charge in [-0.15, -0.1) is 11.3 Å². The number of aryl methyl sites for hydroxylation is 1. The van der Waals surface area contributed by atoms with Gasteiger partial charge in [0.25, 0.3) is 0 Å². The van der Waals surface area contributed by atoms with Crippen molar-refractivity contribution in [1.29, 1.82) is 0 Å². The third kappa shape index (κ3) is 2.75. The number of hydrogen-bond acceptors (Lipinski definition) is 5. The Morgan fingerprint density at radius 3 is 2.75 bits per heavy atom. The number of thiophene rings is 1. The van der Waals surface area contributed by atoms with Crippen molar-refractivity contribution in [3.63, 3.8) is 0 Å². The zero-order valence-electron chi connectivity index (χ0n) is 14.9. The smallest absolute Gasteiger partial charge is 0.226 e. The number of halogens is 2. The highest BCUT2D eigenvalue weighted by atomic mass is 32.1. The SMILES string of the molecule is Cc1nc2n(n1)C(c1cc(F)cc(F)c1)C1C(=O)CC(c3cccs3)C=C1N2. The zero-order valence-corrected chi connectivity index (χ0v) is 15.7. The number of fused-ring (bicyclic) bond motifs is 2. The van der Waals surface area contributed by atoms with E-state index in [9.17, 15) is 13.6 Å². The fourth-order valence-corrected chi connectivity index (χ4v) is 4.90. The van der Waals surface area contributed by atoms with E-state index in [0.717, 1.165) is 10.9 Å². The van der Waals surface area contributed by atoms with Crippen LogP contribution in [0.25, 0.3) is 0 Å². The van der Waals surface area contributed by atoms with Crippen molar-refractivity contribution < 1.29 is 13.6 Å². The Bertz CT molecular complexity index is 1090. The molecule has 1 N–H and O–H groups in total. The lowest BCUT2D eigenvalue weighted by atomic mass is 9.77. The van der Waals surface area contributed by atoms with Crippen LogP contribution >= 0.6 is 11.3 Å². The summed E-state index contributed by atoms with van der Waals surface area (Å²) in [4.78, 5) is 18.7. The van der Waals surface area contributed by atoms with Gasteiger partial charge in [0, 0.05) is 29.0 Å². The Morgan fingerprint density at radius 2 is 2.04 bits per heavy atom. The highest BCUT2D eigenvalue weighted by Crippen LogP contribution is 2.44. The Labute approximate surface area is 163 Å². The molecule has 0 radical (unpaired) electrons. The number of allylic oxidation sites excluding steroid dienone is 2. The molecule has 8 heteroatoms. The Hall–Kier alpha value is -2.87. The average molecular weight is 398 g/mol. The van der Waals surface area contributed by atoms with Gasteiger partial charge in [0.05, 0.1) is 12.0 Å². The molecule has 2 aromatic heterocycles. The third-order valence-electron chi connectivity index (χ3n) is 5.19. The number of rotatable bonds is 2. The van der Waals surface area contributed by atoms with Gasteiger partial charge in [-0.3, -0.25) is 4.79 Å². The van der Waals surface area contributed by atoms with Crippen LogP contribution in [0.1, 0.15) is 34.6 Å². The minimum Gasteiger partial charge on any atom is -0.328 e. The van der Waals surface area contributed by atoms with Crippen molar-refractivity contribution in [2.45, 2.75) is 25.3 Å². The second-order valence-corrected chi connectivity index (χ2v) is 8.07. The summed E-state index contributed by atoms with van der Waals surface area (Å²) in [6, 6.07) is 6.67. The molecular formula is C20H16F2N4OS. The monoisotopic (exact) mass is 398 g/mol. The maximum atomic E-state index is 13.9. The normalized spacial score (nSPS) is 23.6. The van der Waals surface area contributed by atoms with E-state index in [1.807, 2.05) is 23.6 Å². The van der Waals surface area contributed by atoms with Crippen LogP contribution in [0, 0.1) is 24.5 Å². The molecule has 142 valence electrons. The van der Waals surface area contributed by atoms with Crippen LogP contribution in [0.2, 0.25) is 0 Å². The van der Waals surface area contributed by atoms with E-state index in [4.69, 9.17) is 0 Å². The lowest BCUT2D eigenvalue weighted by Gasteiger charge is -2.37. The summed E-state index contributed by atoms with van der Waals surface area (Å²) in [5.74, 6) is -0.982. The van der Waals surface area contributed by atoms with E-state index < -0.39 is 23.6 Å². The van der Waals surface area contributed by atoms with Gasteiger partial charge in [-0.25, -0.2) is 13.5 Å². The summed E-state index contributed by atoms with van der Waals surface area (Å²) in [5, 5.41) is 9.58. The highest BCUT2D eigenvalue weighted by Gasteiger charge is 2.43. The number of aromatic nitrogens is 3. The van der Waals surface area contributed by atoms with E-state index in [2.05, 4.69) is 15.4 Å². The topological polar surface area (TPSA) is 59.8 Å². The Balaban J connectivity index is 1.67. The molecule has 0 spiro atoms. The summed E-state index contributed by atoms with van der Waals surface area (Å²) >= 11 is 1.60. The van der Waals surface area contributed by atoms with Crippen molar-refractivity contribution >= 4 is 23.1 Å². The van der Waals surface area contributed by atoms with Crippen molar-refractivity contribution in [3.8, 4) is 0 Å². The van der Waals surface area contributed by atoms with Crippen molar-refractivity contribution in [2.75, 3.05) is 5.32 Å². The average Bonchev–Trinajstić information content (AvgIpc) is 3.27. The summed E-state index contributed by atoms with van der Waals surface area (Å²) in [7, 11) is 0. The minimum absolute atomic E-state index is 0.0110. The van der Waals surface area contributed by atoms with Gasteiger partial charge in [0.15, 0.2) is 0 Å². The second kappa shape index (κ2) is 6.34. The first-order chi connectivity index (χ1) is 13.5. The van der Waals surface area contributed by atoms with Crippen molar-refractivity contribution in [3.05, 3.63) is 75.4 Å². The maximum Gasteiger partial charge on any atom is 0.226 e. The van der Waals surface area contributed by atoms with Crippen LogP contribution in [-0.2, 0) is 4.79 Å². The van der Waals surface area contributed by atoms with Gasteiger partial charge >= 0.3 is 0 Å².